The summed E-state index contributed by atoms with van der Waals surface area (Å²) in [4.78, 5) is 1.95. The van der Waals surface area contributed by atoms with Gasteiger partial charge in [-0.25, -0.2) is 4.39 Å². The van der Waals surface area contributed by atoms with E-state index in [9.17, 15) is 4.39 Å². The predicted molar refractivity (Wildman–Crippen MR) is 56.5 cm³/mol. The molecular weight excluding hydrogens is 268 g/mol. The van der Waals surface area contributed by atoms with Gasteiger partial charge in [-0.15, -0.1) is 0 Å². The third-order valence-corrected chi connectivity index (χ3v) is 2.17. The fourth-order valence-electron chi connectivity index (χ4n) is 1.01. The molecule has 1 nitrogen and oxygen atoms in total. The van der Waals surface area contributed by atoms with E-state index < -0.39 is 0 Å². The van der Waals surface area contributed by atoms with Gasteiger partial charge in [0.1, 0.15) is 5.82 Å². The summed E-state index contributed by atoms with van der Waals surface area (Å²) in [7, 11) is 3.86. The standard InChI is InChI=1S/C9H11FIN/c1-12(2)6-7-5-8(11)3-4-9(7)10/h3-5H,6H2,1-2H3. The van der Waals surface area contributed by atoms with Crippen LogP contribution in [0.15, 0.2) is 18.2 Å². The summed E-state index contributed by atoms with van der Waals surface area (Å²) in [5.41, 5.74) is 0.756. The molecule has 12 heavy (non-hydrogen) atoms. The molecule has 0 heterocycles. The van der Waals surface area contributed by atoms with Crippen molar-refractivity contribution in [3.05, 3.63) is 33.1 Å². The highest BCUT2D eigenvalue weighted by Gasteiger charge is 2.02. The topological polar surface area (TPSA) is 3.24 Å². The zero-order valence-electron chi connectivity index (χ0n) is 7.14. The van der Waals surface area contributed by atoms with E-state index in [1.807, 2.05) is 25.1 Å². The molecule has 0 amide bonds. The van der Waals surface area contributed by atoms with Crippen LogP contribution in [-0.4, -0.2) is 19.0 Å². The molecular formula is C9H11FIN. The lowest BCUT2D eigenvalue weighted by Gasteiger charge is -2.10. The molecule has 0 aliphatic heterocycles. The van der Waals surface area contributed by atoms with Gasteiger partial charge >= 0.3 is 0 Å². The molecule has 0 bridgehead atoms. The first-order valence-corrected chi connectivity index (χ1v) is 4.76. The maximum absolute atomic E-state index is 13.1. The van der Waals surface area contributed by atoms with Gasteiger partial charge in [-0.3, -0.25) is 0 Å². The van der Waals surface area contributed by atoms with E-state index >= 15 is 0 Å². The molecule has 1 aromatic rings. The summed E-state index contributed by atoms with van der Waals surface area (Å²) >= 11 is 2.18. The maximum atomic E-state index is 13.1. The van der Waals surface area contributed by atoms with Crippen LogP contribution in [0.25, 0.3) is 0 Å². The number of halogens is 2. The van der Waals surface area contributed by atoms with Gasteiger partial charge in [0.05, 0.1) is 0 Å². The number of nitrogens with zero attached hydrogens (tertiary/aromatic N) is 1. The molecule has 0 fully saturated rings. The highest BCUT2D eigenvalue weighted by molar-refractivity contribution is 14.1. The minimum atomic E-state index is -0.121. The van der Waals surface area contributed by atoms with Crippen LogP contribution in [0.3, 0.4) is 0 Å². The Balaban J connectivity index is 2.90. The van der Waals surface area contributed by atoms with E-state index in [0.29, 0.717) is 6.54 Å². The van der Waals surface area contributed by atoms with Crippen LogP contribution < -0.4 is 0 Å². The van der Waals surface area contributed by atoms with Crippen LogP contribution >= 0.6 is 22.6 Å². The molecule has 0 saturated carbocycles. The highest BCUT2D eigenvalue weighted by atomic mass is 127. The minimum absolute atomic E-state index is 0.121. The van der Waals surface area contributed by atoms with Crippen molar-refractivity contribution in [2.24, 2.45) is 0 Å². The molecule has 0 spiro atoms. The number of hydrogen-bond acceptors (Lipinski definition) is 1. The average molecular weight is 279 g/mol. The van der Waals surface area contributed by atoms with Crippen molar-refractivity contribution in [2.45, 2.75) is 6.54 Å². The summed E-state index contributed by atoms with van der Waals surface area (Å²) in [5, 5.41) is 0. The molecule has 3 heteroatoms. The largest absolute Gasteiger partial charge is 0.305 e. The molecule has 0 radical (unpaired) electrons. The van der Waals surface area contributed by atoms with Crippen LogP contribution in [0, 0.1) is 9.39 Å². The number of rotatable bonds is 2. The SMILES string of the molecule is CN(C)Cc1cc(I)ccc1F. The lowest BCUT2D eigenvalue weighted by Crippen LogP contribution is -2.12. The fraction of sp³-hybridized carbons (Fsp3) is 0.333. The molecule has 0 aromatic heterocycles. The Hall–Kier alpha value is -0.160. The quantitative estimate of drug-likeness (QED) is 0.752. The minimum Gasteiger partial charge on any atom is -0.305 e. The first-order chi connectivity index (χ1) is 5.59. The van der Waals surface area contributed by atoms with E-state index in [0.717, 1.165) is 9.13 Å². The third kappa shape index (κ3) is 2.71. The first kappa shape index (κ1) is 9.92. The van der Waals surface area contributed by atoms with Crippen LogP contribution in [0.5, 0.6) is 0 Å². The summed E-state index contributed by atoms with van der Waals surface area (Å²) in [6.07, 6.45) is 0. The molecule has 0 aliphatic rings. The summed E-state index contributed by atoms with van der Waals surface area (Å²) in [6.45, 7) is 0.655. The van der Waals surface area contributed by atoms with E-state index in [4.69, 9.17) is 0 Å². The second kappa shape index (κ2) is 4.18. The Morgan fingerprint density at radius 2 is 2.08 bits per heavy atom. The maximum Gasteiger partial charge on any atom is 0.127 e. The number of benzene rings is 1. The smallest absolute Gasteiger partial charge is 0.127 e. The van der Waals surface area contributed by atoms with Gasteiger partial charge in [0.2, 0.25) is 0 Å². The monoisotopic (exact) mass is 279 g/mol. The van der Waals surface area contributed by atoms with Gasteiger partial charge in [0.15, 0.2) is 0 Å². The Labute approximate surface area is 85.7 Å². The number of hydrogen-bond donors (Lipinski definition) is 0. The van der Waals surface area contributed by atoms with Crippen molar-refractivity contribution < 1.29 is 4.39 Å². The van der Waals surface area contributed by atoms with E-state index in [2.05, 4.69) is 22.6 Å². The van der Waals surface area contributed by atoms with Crippen molar-refractivity contribution in [1.82, 2.24) is 4.90 Å². The van der Waals surface area contributed by atoms with Gasteiger partial charge in [-0.1, -0.05) is 0 Å². The van der Waals surface area contributed by atoms with Crippen LogP contribution in [-0.2, 0) is 6.54 Å². The fourth-order valence-corrected chi connectivity index (χ4v) is 1.56. The van der Waals surface area contributed by atoms with Gasteiger partial charge < -0.3 is 4.90 Å². The second-order valence-electron chi connectivity index (χ2n) is 2.97. The van der Waals surface area contributed by atoms with Crippen molar-refractivity contribution in [3.63, 3.8) is 0 Å². The van der Waals surface area contributed by atoms with E-state index in [1.165, 1.54) is 6.07 Å². The Kier molecular flexibility index (Phi) is 3.46. The zero-order chi connectivity index (χ0) is 9.14. The van der Waals surface area contributed by atoms with Crippen molar-refractivity contribution in [2.75, 3.05) is 14.1 Å². The van der Waals surface area contributed by atoms with Crippen LogP contribution in [0.4, 0.5) is 4.39 Å². The molecule has 0 saturated heterocycles. The Morgan fingerprint density at radius 1 is 1.42 bits per heavy atom. The Bertz CT molecular complexity index is 273. The summed E-state index contributed by atoms with van der Waals surface area (Å²) in [5.74, 6) is -0.121. The van der Waals surface area contributed by atoms with Crippen LogP contribution in [0.2, 0.25) is 0 Å². The predicted octanol–water partition coefficient (Wildman–Crippen LogP) is 2.49. The van der Waals surface area contributed by atoms with Gasteiger partial charge in [-0.05, 0) is 54.9 Å². The van der Waals surface area contributed by atoms with Crippen molar-refractivity contribution in [3.8, 4) is 0 Å². The molecule has 66 valence electrons. The molecule has 1 aromatic carbocycles. The lowest BCUT2D eigenvalue weighted by molar-refractivity contribution is 0.392. The zero-order valence-corrected chi connectivity index (χ0v) is 9.30. The molecule has 1 rings (SSSR count). The normalized spacial score (nSPS) is 10.8. The molecule has 0 N–H and O–H groups in total. The van der Waals surface area contributed by atoms with E-state index in [1.54, 1.807) is 6.07 Å². The summed E-state index contributed by atoms with van der Waals surface area (Å²) < 4.78 is 14.2. The van der Waals surface area contributed by atoms with Crippen LogP contribution in [0.1, 0.15) is 5.56 Å². The van der Waals surface area contributed by atoms with Crippen molar-refractivity contribution in [1.29, 1.82) is 0 Å². The second-order valence-corrected chi connectivity index (χ2v) is 4.22. The highest BCUT2D eigenvalue weighted by Crippen LogP contribution is 2.13. The molecule has 0 atom stereocenters. The third-order valence-electron chi connectivity index (χ3n) is 1.49. The van der Waals surface area contributed by atoms with Gasteiger partial charge in [0, 0.05) is 15.7 Å². The molecule has 0 aliphatic carbocycles. The van der Waals surface area contributed by atoms with E-state index in [-0.39, 0.29) is 5.82 Å². The first-order valence-electron chi connectivity index (χ1n) is 3.68. The van der Waals surface area contributed by atoms with Gasteiger partial charge in [0.25, 0.3) is 0 Å². The lowest BCUT2D eigenvalue weighted by atomic mass is 10.2. The molecule has 0 unspecified atom stereocenters. The van der Waals surface area contributed by atoms with Gasteiger partial charge in [-0.2, -0.15) is 0 Å². The Morgan fingerprint density at radius 3 is 2.67 bits per heavy atom. The van der Waals surface area contributed by atoms with Crippen molar-refractivity contribution >= 4 is 22.6 Å². The average Bonchev–Trinajstić information content (AvgIpc) is 1.96. The summed E-state index contributed by atoms with van der Waals surface area (Å²) in [6, 6.07) is 5.16.